The molecular weight excluding hydrogens is 410 g/mol. The number of aryl methyl sites for hydroxylation is 1. The Hall–Kier alpha value is -3.33. The lowest BCUT2D eigenvalue weighted by Gasteiger charge is -2.27. The van der Waals surface area contributed by atoms with Crippen LogP contribution < -0.4 is 10.5 Å². The van der Waals surface area contributed by atoms with E-state index in [0.29, 0.717) is 18.2 Å². The number of pyridine rings is 1. The minimum atomic E-state index is -1.03. The largest absolute Gasteiger partial charge is 0.485 e. The first-order valence-corrected chi connectivity index (χ1v) is 11.2. The molecule has 0 amide bonds. The molecule has 0 saturated heterocycles. The Morgan fingerprint density at radius 2 is 2.00 bits per heavy atom. The average molecular weight is 442 g/mol. The Bertz CT molecular complexity index is 1230. The predicted octanol–water partition coefficient (Wildman–Crippen LogP) is 4.33. The lowest BCUT2D eigenvalue weighted by Crippen LogP contribution is -2.27. The molecule has 1 aliphatic rings. The second-order valence-electron chi connectivity index (χ2n) is 9.32. The molecule has 5 nitrogen and oxygen atoms in total. The summed E-state index contributed by atoms with van der Waals surface area (Å²) in [5.41, 5.74) is 13.2. The Kier molecular flexibility index (Phi) is 6.42. The highest BCUT2D eigenvalue weighted by molar-refractivity contribution is 5.69. The number of hydrogen-bond donors (Lipinski definition) is 2. The van der Waals surface area contributed by atoms with E-state index >= 15 is 0 Å². The van der Waals surface area contributed by atoms with E-state index in [9.17, 15) is 5.11 Å². The summed E-state index contributed by atoms with van der Waals surface area (Å²) < 4.78 is 6.05. The Morgan fingerprint density at radius 1 is 1.18 bits per heavy atom. The summed E-state index contributed by atoms with van der Waals surface area (Å²) in [6, 6.07) is 14.2. The van der Waals surface area contributed by atoms with Crippen LogP contribution in [-0.4, -0.2) is 34.2 Å². The fourth-order valence-electron chi connectivity index (χ4n) is 4.08. The first-order chi connectivity index (χ1) is 15.7. The number of aromatic nitrogens is 1. The lowest BCUT2D eigenvalue weighted by molar-refractivity contribution is 0.143. The molecule has 3 N–H and O–H groups in total. The highest BCUT2D eigenvalue weighted by Crippen LogP contribution is 2.32. The molecule has 0 aliphatic carbocycles. The molecule has 170 valence electrons. The van der Waals surface area contributed by atoms with Crippen molar-refractivity contribution in [2.24, 2.45) is 0 Å². The van der Waals surface area contributed by atoms with Gasteiger partial charge >= 0.3 is 0 Å². The van der Waals surface area contributed by atoms with E-state index in [4.69, 9.17) is 10.5 Å². The van der Waals surface area contributed by atoms with Gasteiger partial charge in [0, 0.05) is 30.4 Å². The fraction of sp³-hybridized carbons (Fsp3) is 0.321. The van der Waals surface area contributed by atoms with Gasteiger partial charge in [0.25, 0.3) is 0 Å². The lowest BCUT2D eigenvalue weighted by atomic mass is 9.91. The van der Waals surface area contributed by atoms with Crippen LogP contribution in [0.5, 0.6) is 5.75 Å². The van der Waals surface area contributed by atoms with Crippen molar-refractivity contribution in [2.75, 3.05) is 19.3 Å². The molecule has 0 saturated carbocycles. The number of anilines is 1. The number of likely N-dealkylation sites (N-methyl/N-ethyl adjacent to an activating group) is 1. The number of benzene rings is 2. The van der Waals surface area contributed by atoms with Crippen LogP contribution in [0.25, 0.3) is 11.1 Å². The van der Waals surface area contributed by atoms with Crippen molar-refractivity contribution in [1.82, 2.24) is 9.88 Å². The summed E-state index contributed by atoms with van der Waals surface area (Å²) in [6.07, 6.45) is 2.90. The summed E-state index contributed by atoms with van der Waals surface area (Å²) >= 11 is 0. The van der Waals surface area contributed by atoms with Crippen molar-refractivity contribution >= 4 is 5.82 Å². The van der Waals surface area contributed by atoms with Gasteiger partial charge in [-0.15, -0.1) is 0 Å². The molecule has 33 heavy (non-hydrogen) atoms. The van der Waals surface area contributed by atoms with Gasteiger partial charge in [-0.3, -0.25) is 0 Å². The first-order valence-electron chi connectivity index (χ1n) is 11.2. The smallest absolute Gasteiger partial charge is 0.166 e. The van der Waals surface area contributed by atoms with E-state index in [1.54, 1.807) is 13.8 Å². The van der Waals surface area contributed by atoms with E-state index in [1.807, 2.05) is 36.5 Å². The van der Waals surface area contributed by atoms with E-state index in [0.717, 1.165) is 41.8 Å². The van der Waals surface area contributed by atoms with Gasteiger partial charge in [-0.25, -0.2) is 4.98 Å². The summed E-state index contributed by atoms with van der Waals surface area (Å²) in [5.74, 6) is 6.77. The van der Waals surface area contributed by atoms with Crippen LogP contribution in [0.15, 0.2) is 48.7 Å². The normalized spacial score (nSPS) is 13.7. The highest BCUT2D eigenvalue weighted by atomic mass is 16.5. The number of nitrogens with two attached hydrogens (primary N) is 1. The van der Waals surface area contributed by atoms with Crippen molar-refractivity contribution < 1.29 is 9.84 Å². The van der Waals surface area contributed by atoms with Crippen LogP contribution in [0.1, 0.15) is 41.7 Å². The van der Waals surface area contributed by atoms with Crippen molar-refractivity contribution in [2.45, 2.75) is 45.9 Å². The molecule has 0 radical (unpaired) electrons. The fourth-order valence-corrected chi connectivity index (χ4v) is 4.08. The molecule has 0 spiro atoms. The number of nitrogens with zero attached hydrogens (tertiary/aromatic N) is 2. The number of ether oxygens (including phenoxy) is 1. The minimum absolute atomic E-state index is 0.349. The van der Waals surface area contributed by atoms with Crippen molar-refractivity contribution in [3.05, 3.63) is 76.5 Å². The predicted molar refractivity (Wildman–Crippen MR) is 133 cm³/mol. The van der Waals surface area contributed by atoms with E-state index < -0.39 is 5.60 Å². The second kappa shape index (κ2) is 9.27. The molecular formula is C28H31N3O2. The van der Waals surface area contributed by atoms with E-state index in [1.165, 1.54) is 16.7 Å². The quantitative estimate of drug-likeness (QED) is 0.590. The van der Waals surface area contributed by atoms with Gasteiger partial charge in [-0.2, -0.15) is 0 Å². The number of nitrogen functional groups attached to an aromatic ring is 1. The SMILES string of the molecule is Cc1cc(-c2cnc(N)c(OCc3cccc(C#CC(C)(C)O)c3)c2)cc2c1CCN(C)C2. The molecule has 4 rings (SSSR count). The molecule has 0 fully saturated rings. The van der Waals surface area contributed by atoms with E-state index in [2.05, 4.69) is 47.8 Å². The third kappa shape index (κ3) is 5.73. The summed E-state index contributed by atoms with van der Waals surface area (Å²) in [5, 5.41) is 9.82. The number of hydrogen-bond acceptors (Lipinski definition) is 5. The molecule has 1 aliphatic heterocycles. The van der Waals surface area contributed by atoms with Crippen molar-refractivity contribution in [3.8, 4) is 28.7 Å². The average Bonchev–Trinajstić information content (AvgIpc) is 2.76. The van der Waals surface area contributed by atoms with Crippen LogP contribution in [-0.2, 0) is 19.6 Å². The third-order valence-electron chi connectivity index (χ3n) is 5.80. The van der Waals surface area contributed by atoms with E-state index in [-0.39, 0.29) is 0 Å². The first kappa shape index (κ1) is 22.8. The Balaban J connectivity index is 1.55. The molecule has 3 aromatic rings. The summed E-state index contributed by atoms with van der Waals surface area (Å²) in [4.78, 5) is 6.74. The van der Waals surface area contributed by atoms with Gasteiger partial charge in [-0.1, -0.05) is 30.0 Å². The maximum Gasteiger partial charge on any atom is 0.166 e. The maximum absolute atomic E-state index is 9.82. The van der Waals surface area contributed by atoms with Crippen LogP contribution in [0.2, 0.25) is 0 Å². The van der Waals surface area contributed by atoms with Gasteiger partial charge in [0.2, 0.25) is 0 Å². The van der Waals surface area contributed by atoms with Crippen LogP contribution in [0, 0.1) is 18.8 Å². The third-order valence-corrected chi connectivity index (χ3v) is 5.80. The molecule has 2 heterocycles. The van der Waals surface area contributed by atoms with Gasteiger partial charge in [0.15, 0.2) is 11.6 Å². The Labute approximate surface area is 196 Å². The zero-order valence-electron chi connectivity index (χ0n) is 19.8. The molecule has 5 heteroatoms. The van der Waals surface area contributed by atoms with Crippen molar-refractivity contribution in [3.63, 3.8) is 0 Å². The van der Waals surface area contributed by atoms with Crippen LogP contribution in [0.3, 0.4) is 0 Å². The highest BCUT2D eigenvalue weighted by Gasteiger charge is 2.17. The minimum Gasteiger partial charge on any atom is -0.485 e. The summed E-state index contributed by atoms with van der Waals surface area (Å²) in [6.45, 7) is 7.92. The molecule has 1 aromatic heterocycles. The molecule has 0 unspecified atom stereocenters. The number of fused-ring (bicyclic) bond motifs is 1. The number of rotatable bonds is 4. The van der Waals surface area contributed by atoms with Crippen LogP contribution in [0.4, 0.5) is 5.82 Å². The summed E-state index contributed by atoms with van der Waals surface area (Å²) in [7, 11) is 2.16. The monoisotopic (exact) mass is 441 g/mol. The molecule has 0 bridgehead atoms. The molecule has 2 aromatic carbocycles. The Morgan fingerprint density at radius 3 is 2.79 bits per heavy atom. The standard InChI is InChI=1S/C28H31N3O2/c1-19-12-22(14-24-17-31(4)11-9-25(19)24)23-15-26(27(29)30-16-23)33-18-21-7-5-6-20(13-21)8-10-28(2,3)32/h5-7,12-16,32H,9,11,17-18H2,1-4H3,(H2,29,30). The van der Waals surface area contributed by atoms with Gasteiger partial charge in [0.05, 0.1) is 0 Å². The van der Waals surface area contributed by atoms with Crippen LogP contribution >= 0.6 is 0 Å². The van der Waals surface area contributed by atoms with Gasteiger partial charge in [0.1, 0.15) is 12.2 Å². The second-order valence-corrected chi connectivity index (χ2v) is 9.32. The maximum atomic E-state index is 9.82. The van der Waals surface area contributed by atoms with Gasteiger partial charge in [-0.05, 0) is 86.3 Å². The van der Waals surface area contributed by atoms with Gasteiger partial charge < -0.3 is 20.5 Å². The molecule has 0 atom stereocenters. The van der Waals surface area contributed by atoms with Crippen molar-refractivity contribution in [1.29, 1.82) is 0 Å². The zero-order valence-corrected chi connectivity index (χ0v) is 19.8. The number of aliphatic hydroxyl groups is 1. The topological polar surface area (TPSA) is 71.6 Å². The zero-order chi connectivity index (χ0) is 23.6.